The smallest absolute Gasteiger partial charge is 0.160 e. The van der Waals surface area contributed by atoms with Gasteiger partial charge in [-0.05, 0) is 0 Å². The van der Waals surface area contributed by atoms with Crippen LogP contribution in [0.1, 0.15) is 9.67 Å². The molecule has 0 bridgehead atoms. The first-order valence-electron chi connectivity index (χ1n) is 5.20. The van der Waals surface area contributed by atoms with Crippen molar-refractivity contribution in [1.82, 2.24) is 0 Å². The Labute approximate surface area is 109 Å². The van der Waals surface area contributed by atoms with Crippen molar-refractivity contribution in [3.05, 3.63) is 34.5 Å². The molecule has 2 aromatic rings. The zero-order chi connectivity index (χ0) is 13.0. The number of carbonyl (C=O) groups is 1. The van der Waals surface area contributed by atoms with Gasteiger partial charge in [0.05, 0.1) is 19.1 Å². The lowest BCUT2D eigenvalue weighted by Gasteiger charge is -2.08. The number of hydrogen-bond acceptors (Lipinski definition) is 5. The van der Waals surface area contributed by atoms with E-state index in [4.69, 9.17) is 14.2 Å². The predicted octanol–water partition coefficient (Wildman–Crippen LogP) is 3.37. The van der Waals surface area contributed by atoms with Crippen LogP contribution in [0.4, 0.5) is 0 Å². The molecular formula is C13H12O4S. The van der Waals surface area contributed by atoms with Gasteiger partial charge in [-0.1, -0.05) is 0 Å². The third-order valence-corrected chi connectivity index (χ3v) is 3.11. The van der Waals surface area contributed by atoms with Gasteiger partial charge in [-0.2, -0.15) is 0 Å². The summed E-state index contributed by atoms with van der Waals surface area (Å²) in [6, 6.07) is 6.95. The molecule has 0 amide bonds. The largest absolute Gasteiger partial charge is 0.496 e. The lowest BCUT2D eigenvalue weighted by molar-refractivity contribution is 0.112. The standard InChI is InChI=1S/C13H12O4S/c1-15-9-3-10(16-2)5-11(4-9)17-12-6-13(7-14)18-8-12/h3-8H,1-2H3. The van der Waals surface area contributed by atoms with Crippen LogP contribution < -0.4 is 14.2 Å². The second-order valence-corrected chi connectivity index (χ2v) is 4.40. The van der Waals surface area contributed by atoms with Crippen molar-refractivity contribution < 1.29 is 19.0 Å². The molecule has 94 valence electrons. The van der Waals surface area contributed by atoms with Gasteiger partial charge in [0.1, 0.15) is 23.0 Å². The molecule has 4 nitrogen and oxygen atoms in total. The third-order valence-electron chi connectivity index (χ3n) is 2.27. The minimum Gasteiger partial charge on any atom is -0.496 e. The maximum atomic E-state index is 10.6. The van der Waals surface area contributed by atoms with Gasteiger partial charge in [0.25, 0.3) is 0 Å². The highest BCUT2D eigenvalue weighted by Gasteiger charge is 2.05. The highest BCUT2D eigenvalue weighted by Crippen LogP contribution is 2.32. The fraction of sp³-hybridized carbons (Fsp3) is 0.154. The number of methoxy groups -OCH3 is 2. The van der Waals surface area contributed by atoms with E-state index >= 15 is 0 Å². The van der Waals surface area contributed by atoms with Crippen molar-refractivity contribution in [3.63, 3.8) is 0 Å². The second-order valence-electron chi connectivity index (χ2n) is 3.45. The van der Waals surface area contributed by atoms with E-state index in [1.165, 1.54) is 11.3 Å². The summed E-state index contributed by atoms with van der Waals surface area (Å²) >= 11 is 1.33. The van der Waals surface area contributed by atoms with Crippen molar-refractivity contribution in [1.29, 1.82) is 0 Å². The Morgan fingerprint density at radius 3 is 2.06 bits per heavy atom. The van der Waals surface area contributed by atoms with E-state index < -0.39 is 0 Å². The highest BCUT2D eigenvalue weighted by molar-refractivity contribution is 7.11. The average Bonchev–Trinajstić information content (AvgIpc) is 2.85. The molecule has 0 atom stereocenters. The van der Waals surface area contributed by atoms with E-state index in [-0.39, 0.29) is 0 Å². The lowest BCUT2D eigenvalue weighted by Crippen LogP contribution is -1.89. The monoisotopic (exact) mass is 264 g/mol. The van der Waals surface area contributed by atoms with Crippen LogP contribution in [-0.4, -0.2) is 20.5 Å². The Balaban J connectivity index is 2.24. The van der Waals surface area contributed by atoms with E-state index in [0.717, 1.165) is 6.29 Å². The summed E-state index contributed by atoms with van der Waals surface area (Å²) in [5, 5.41) is 1.77. The Hall–Kier alpha value is -2.01. The van der Waals surface area contributed by atoms with Crippen LogP contribution >= 0.6 is 11.3 Å². The first-order chi connectivity index (χ1) is 8.75. The van der Waals surface area contributed by atoms with Gasteiger partial charge in [0.2, 0.25) is 0 Å². The molecule has 0 fully saturated rings. The number of benzene rings is 1. The number of aldehydes is 1. The molecule has 2 rings (SSSR count). The first-order valence-corrected chi connectivity index (χ1v) is 6.07. The Bertz CT molecular complexity index is 525. The fourth-order valence-electron chi connectivity index (χ4n) is 1.43. The van der Waals surface area contributed by atoms with Gasteiger partial charge in [-0.15, -0.1) is 11.3 Å². The molecule has 0 saturated heterocycles. The molecular weight excluding hydrogens is 252 g/mol. The van der Waals surface area contributed by atoms with E-state index in [9.17, 15) is 4.79 Å². The molecule has 0 N–H and O–H groups in total. The van der Waals surface area contributed by atoms with Gasteiger partial charge in [0.15, 0.2) is 6.29 Å². The highest BCUT2D eigenvalue weighted by atomic mass is 32.1. The molecule has 5 heteroatoms. The van der Waals surface area contributed by atoms with Crippen molar-refractivity contribution in [2.45, 2.75) is 0 Å². The number of rotatable bonds is 5. The van der Waals surface area contributed by atoms with Crippen LogP contribution in [0.15, 0.2) is 29.6 Å². The van der Waals surface area contributed by atoms with Gasteiger partial charge in [-0.3, -0.25) is 4.79 Å². The quantitative estimate of drug-likeness (QED) is 0.777. The maximum Gasteiger partial charge on any atom is 0.160 e. The minimum absolute atomic E-state index is 0.599. The minimum atomic E-state index is 0.599. The summed E-state index contributed by atoms with van der Waals surface area (Å²) < 4.78 is 15.9. The molecule has 0 unspecified atom stereocenters. The molecule has 18 heavy (non-hydrogen) atoms. The SMILES string of the molecule is COc1cc(OC)cc(Oc2csc(C=O)c2)c1. The van der Waals surface area contributed by atoms with E-state index in [2.05, 4.69) is 0 Å². The number of thiophene rings is 1. The third kappa shape index (κ3) is 2.81. The van der Waals surface area contributed by atoms with Crippen molar-refractivity contribution in [2.75, 3.05) is 14.2 Å². The molecule has 0 aliphatic carbocycles. The molecule has 0 spiro atoms. The van der Waals surface area contributed by atoms with Crippen LogP contribution in [0.5, 0.6) is 23.0 Å². The van der Waals surface area contributed by atoms with Crippen LogP contribution in [0.2, 0.25) is 0 Å². The Morgan fingerprint density at radius 1 is 0.944 bits per heavy atom. The topological polar surface area (TPSA) is 44.8 Å². The lowest BCUT2D eigenvalue weighted by atomic mass is 10.3. The molecule has 1 heterocycles. The van der Waals surface area contributed by atoms with Gasteiger partial charge in [0, 0.05) is 29.6 Å². The number of carbonyl (C=O) groups excluding carboxylic acids is 1. The summed E-state index contributed by atoms with van der Waals surface area (Å²) in [5.74, 6) is 2.52. The summed E-state index contributed by atoms with van der Waals surface area (Å²) in [5.41, 5.74) is 0. The summed E-state index contributed by atoms with van der Waals surface area (Å²) in [7, 11) is 3.15. The first kappa shape index (κ1) is 12.4. The zero-order valence-electron chi connectivity index (χ0n) is 10.0. The van der Waals surface area contributed by atoms with Gasteiger partial charge in [-0.25, -0.2) is 0 Å². The van der Waals surface area contributed by atoms with E-state index in [1.54, 1.807) is 43.9 Å². The van der Waals surface area contributed by atoms with Gasteiger partial charge < -0.3 is 14.2 Å². The zero-order valence-corrected chi connectivity index (χ0v) is 10.8. The average molecular weight is 264 g/mol. The summed E-state index contributed by atoms with van der Waals surface area (Å²) in [6.07, 6.45) is 0.795. The second kappa shape index (κ2) is 5.55. The molecule has 1 aromatic carbocycles. The Kier molecular flexibility index (Phi) is 3.84. The van der Waals surface area contributed by atoms with Crippen LogP contribution in [0.3, 0.4) is 0 Å². The van der Waals surface area contributed by atoms with Crippen molar-refractivity contribution in [2.24, 2.45) is 0 Å². The van der Waals surface area contributed by atoms with Crippen molar-refractivity contribution >= 4 is 17.6 Å². The van der Waals surface area contributed by atoms with Crippen LogP contribution in [0.25, 0.3) is 0 Å². The molecule has 0 saturated carbocycles. The van der Waals surface area contributed by atoms with Crippen LogP contribution in [-0.2, 0) is 0 Å². The fourth-order valence-corrected chi connectivity index (χ4v) is 2.03. The summed E-state index contributed by atoms with van der Waals surface area (Å²) in [4.78, 5) is 11.2. The van der Waals surface area contributed by atoms with Gasteiger partial charge >= 0.3 is 0 Å². The predicted molar refractivity (Wildman–Crippen MR) is 69.3 cm³/mol. The number of ether oxygens (including phenoxy) is 3. The molecule has 1 aromatic heterocycles. The molecule has 0 radical (unpaired) electrons. The van der Waals surface area contributed by atoms with E-state index in [0.29, 0.717) is 27.9 Å². The van der Waals surface area contributed by atoms with Crippen molar-refractivity contribution in [3.8, 4) is 23.0 Å². The molecule has 0 aliphatic rings. The van der Waals surface area contributed by atoms with Crippen LogP contribution in [0, 0.1) is 0 Å². The number of hydrogen-bond donors (Lipinski definition) is 0. The Morgan fingerprint density at radius 2 is 1.56 bits per heavy atom. The van der Waals surface area contributed by atoms with E-state index in [1.807, 2.05) is 0 Å². The normalized spacial score (nSPS) is 9.89. The summed E-state index contributed by atoms with van der Waals surface area (Å²) in [6.45, 7) is 0. The maximum absolute atomic E-state index is 10.6. The molecule has 0 aliphatic heterocycles.